The summed E-state index contributed by atoms with van der Waals surface area (Å²) in [6, 6.07) is 0. The van der Waals surface area contributed by atoms with Crippen LogP contribution in [-0.2, 0) is 4.74 Å². The summed E-state index contributed by atoms with van der Waals surface area (Å²) in [6.07, 6.45) is 5.34. The molecule has 0 aromatic heterocycles. The van der Waals surface area contributed by atoms with E-state index in [9.17, 15) is 0 Å². The van der Waals surface area contributed by atoms with Gasteiger partial charge in [-0.1, -0.05) is 25.6 Å². The van der Waals surface area contributed by atoms with Crippen molar-refractivity contribution in [3.05, 3.63) is 0 Å². The summed E-state index contributed by atoms with van der Waals surface area (Å²) in [4.78, 5) is 4.56. The lowest BCUT2D eigenvalue weighted by Crippen LogP contribution is -2.24. The van der Waals surface area contributed by atoms with Crippen molar-refractivity contribution in [3.63, 3.8) is 0 Å². The molecule has 2 rings (SSSR count). The van der Waals surface area contributed by atoms with Crippen LogP contribution in [0.15, 0.2) is 4.99 Å². The molecule has 2 unspecified atom stereocenters. The van der Waals surface area contributed by atoms with Gasteiger partial charge in [-0.3, -0.25) is 4.99 Å². The normalized spacial score (nSPS) is 28.8. The minimum atomic E-state index is 0.487. The minimum Gasteiger partial charge on any atom is -0.378 e. The average Bonchev–Trinajstić information content (AvgIpc) is 2.89. The first kappa shape index (κ1) is 13.2. The van der Waals surface area contributed by atoms with Gasteiger partial charge in [0.1, 0.15) is 0 Å². The molecular formula is C13H24N2OS. The maximum absolute atomic E-state index is 5.60. The van der Waals surface area contributed by atoms with Gasteiger partial charge in [0.25, 0.3) is 0 Å². The predicted octanol–water partition coefficient (Wildman–Crippen LogP) is 2.66. The highest BCUT2D eigenvalue weighted by Crippen LogP contribution is 2.25. The molecule has 17 heavy (non-hydrogen) atoms. The van der Waals surface area contributed by atoms with Crippen molar-refractivity contribution in [2.24, 2.45) is 10.9 Å². The third-order valence-corrected chi connectivity index (χ3v) is 4.39. The highest BCUT2D eigenvalue weighted by Gasteiger charge is 2.21. The Labute approximate surface area is 109 Å². The van der Waals surface area contributed by atoms with E-state index in [-0.39, 0.29) is 0 Å². The van der Waals surface area contributed by atoms with Crippen LogP contribution in [0, 0.1) is 5.92 Å². The van der Waals surface area contributed by atoms with Crippen LogP contribution in [0.3, 0.4) is 0 Å². The van der Waals surface area contributed by atoms with E-state index < -0.39 is 0 Å². The first-order valence-corrected chi connectivity index (χ1v) is 7.68. The van der Waals surface area contributed by atoms with Gasteiger partial charge in [-0.05, 0) is 31.6 Å². The molecule has 0 aliphatic carbocycles. The van der Waals surface area contributed by atoms with Crippen molar-refractivity contribution >= 4 is 16.9 Å². The smallest absolute Gasteiger partial charge is 0.156 e. The van der Waals surface area contributed by atoms with E-state index in [0.29, 0.717) is 11.4 Å². The van der Waals surface area contributed by atoms with E-state index in [2.05, 4.69) is 24.2 Å². The molecule has 0 saturated carbocycles. The molecule has 1 fully saturated rings. The number of ether oxygens (including phenoxy) is 1. The van der Waals surface area contributed by atoms with Gasteiger partial charge in [0.05, 0.1) is 12.6 Å². The predicted molar refractivity (Wildman–Crippen MR) is 74.7 cm³/mol. The largest absolute Gasteiger partial charge is 0.378 e. The highest BCUT2D eigenvalue weighted by atomic mass is 32.2. The Morgan fingerprint density at radius 2 is 2.41 bits per heavy atom. The molecule has 0 radical (unpaired) electrons. The van der Waals surface area contributed by atoms with E-state index in [4.69, 9.17) is 4.74 Å². The lowest BCUT2D eigenvalue weighted by molar-refractivity contribution is 0.105. The van der Waals surface area contributed by atoms with Gasteiger partial charge in [0.15, 0.2) is 5.17 Å². The quantitative estimate of drug-likeness (QED) is 0.821. The number of rotatable bonds is 5. The molecule has 2 heterocycles. The van der Waals surface area contributed by atoms with Crippen LogP contribution in [0.5, 0.6) is 0 Å². The summed E-state index contributed by atoms with van der Waals surface area (Å²) < 4.78 is 5.60. The van der Waals surface area contributed by atoms with Crippen LogP contribution >= 0.6 is 11.8 Å². The summed E-state index contributed by atoms with van der Waals surface area (Å²) in [5.74, 6) is 0.772. The standard InChI is InChI=1S/C13H24N2OS/c1-10(2)8-12-9-15-13(17-12)14-6-5-11-4-3-7-16-11/h10-12H,3-9H2,1-2H3,(H,14,15). The molecule has 3 nitrogen and oxygen atoms in total. The average molecular weight is 256 g/mol. The minimum absolute atomic E-state index is 0.487. The Hall–Kier alpha value is -0.220. The fourth-order valence-electron chi connectivity index (χ4n) is 2.38. The fourth-order valence-corrected chi connectivity index (χ4v) is 3.66. The van der Waals surface area contributed by atoms with E-state index >= 15 is 0 Å². The molecule has 0 aromatic rings. The number of nitrogens with one attached hydrogen (secondary N) is 1. The summed E-state index contributed by atoms with van der Waals surface area (Å²) >= 11 is 1.92. The molecule has 1 saturated heterocycles. The van der Waals surface area contributed by atoms with Gasteiger partial charge in [-0.25, -0.2) is 0 Å². The van der Waals surface area contributed by atoms with Crippen LogP contribution in [0.4, 0.5) is 0 Å². The third kappa shape index (κ3) is 4.51. The zero-order valence-corrected chi connectivity index (χ0v) is 11.8. The number of nitrogens with zero attached hydrogens (tertiary/aromatic N) is 1. The number of thioether (sulfide) groups is 1. The second kappa shape index (κ2) is 6.64. The van der Waals surface area contributed by atoms with Crippen LogP contribution in [-0.4, -0.2) is 36.2 Å². The summed E-state index contributed by atoms with van der Waals surface area (Å²) in [5.41, 5.74) is 0. The molecule has 2 aliphatic rings. The molecule has 98 valence electrons. The summed E-state index contributed by atoms with van der Waals surface area (Å²) in [6.45, 7) is 7.51. The van der Waals surface area contributed by atoms with Crippen LogP contribution in [0.2, 0.25) is 0 Å². The van der Waals surface area contributed by atoms with Crippen LogP contribution < -0.4 is 5.32 Å². The Bertz CT molecular complexity index is 262. The molecule has 0 spiro atoms. The van der Waals surface area contributed by atoms with E-state index in [1.54, 1.807) is 0 Å². The van der Waals surface area contributed by atoms with Crippen molar-refractivity contribution in [3.8, 4) is 0 Å². The molecule has 0 bridgehead atoms. The van der Waals surface area contributed by atoms with Crippen LogP contribution in [0.1, 0.15) is 39.5 Å². The number of hydrogen-bond acceptors (Lipinski definition) is 4. The van der Waals surface area contributed by atoms with E-state index in [1.807, 2.05) is 11.8 Å². The monoisotopic (exact) mass is 256 g/mol. The fraction of sp³-hybridized carbons (Fsp3) is 0.923. The highest BCUT2D eigenvalue weighted by molar-refractivity contribution is 8.14. The van der Waals surface area contributed by atoms with Crippen molar-refractivity contribution in [2.45, 2.75) is 50.9 Å². The zero-order chi connectivity index (χ0) is 12.1. The molecular weight excluding hydrogens is 232 g/mol. The summed E-state index contributed by atoms with van der Waals surface area (Å²) in [7, 11) is 0. The van der Waals surface area contributed by atoms with Gasteiger partial charge in [-0.15, -0.1) is 0 Å². The lowest BCUT2D eigenvalue weighted by Gasteiger charge is -2.12. The second-order valence-corrected chi connectivity index (χ2v) is 6.65. The first-order chi connectivity index (χ1) is 8.24. The Morgan fingerprint density at radius 1 is 1.53 bits per heavy atom. The topological polar surface area (TPSA) is 33.6 Å². The van der Waals surface area contributed by atoms with Gasteiger partial charge < -0.3 is 10.1 Å². The lowest BCUT2D eigenvalue weighted by atomic mass is 10.1. The molecule has 1 N–H and O–H groups in total. The second-order valence-electron chi connectivity index (χ2n) is 5.37. The van der Waals surface area contributed by atoms with E-state index in [1.165, 1.54) is 19.3 Å². The molecule has 0 amide bonds. The molecule has 0 aromatic carbocycles. The SMILES string of the molecule is CC(C)CC1CN=C(NCCC2CCCO2)S1. The van der Waals surface area contributed by atoms with Crippen molar-refractivity contribution in [2.75, 3.05) is 19.7 Å². The Balaban J connectivity index is 1.57. The summed E-state index contributed by atoms with van der Waals surface area (Å²) in [5, 5.41) is 5.29. The van der Waals surface area contributed by atoms with Gasteiger partial charge >= 0.3 is 0 Å². The van der Waals surface area contributed by atoms with Gasteiger partial charge in [-0.2, -0.15) is 0 Å². The molecule has 4 heteroatoms. The maximum Gasteiger partial charge on any atom is 0.156 e. The Morgan fingerprint density at radius 3 is 3.12 bits per heavy atom. The van der Waals surface area contributed by atoms with E-state index in [0.717, 1.165) is 37.2 Å². The number of amidine groups is 1. The number of hydrogen-bond donors (Lipinski definition) is 1. The number of aliphatic imine (C=N–C) groups is 1. The van der Waals surface area contributed by atoms with Crippen molar-refractivity contribution < 1.29 is 4.74 Å². The molecule has 2 atom stereocenters. The van der Waals surface area contributed by atoms with Gasteiger partial charge in [0.2, 0.25) is 0 Å². The molecule has 2 aliphatic heterocycles. The maximum atomic E-state index is 5.60. The Kier molecular flexibility index (Phi) is 5.16. The van der Waals surface area contributed by atoms with Crippen molar-refractivity contribution in [1.82, 2.24) is 5.32 Å². The van der Waals surface area contributed by atoms with Crippen molar-refractivity contribution in [1.29, 1.82) is 0 Å². The van der Waals surface area contributed by atoms with Gasteiger partial charge in [0, 0.05) is 18.4 Å². The first-order valence-electron chi connectivity index (χ1n) is 6.80. The zero-order valence-electron chi connectivity index (χ0n) is 10.9. The third-order valence-electron chi connectivity index (χ3n) is 3.22. The van der Waals surface area contributed by atoms with Crippen LogP contribution in [0.25, 0.3) is 0 Å².